The molecule has 0 fully saturated rings. The fourth-order valence-electron chi connectivity index (χ4n) is 2.70. The molecule has 0 saturated heterocycles. The molecule has 0 amide bonds. The normalized spacial score (nSPS) is 11.0. The van der Waals surface area contributed by atoms with E-state index in [1.807, 2.05) is 48.9 Å². The van der Waals surface area contributed by atoms with E-state index in [1.165, 1.54) is 12.1 Å². The molecule has 0 atom stereocenters. The second-order valence-corrected chi connectivity index (χ2v) is 7.25. The molecule has 0 aliphatic rings. The van der Waals surface area contributed by atoms with E-state index >= 15 is 0 Å². The molecule has 0 aliphatic carbocycles. The number of rotatable bonds is 5. The molecule has 28 heavy (non-hydrogen) atoms. The van der Waals surface area contributed by atoms with Crippen LogP contribution >= 0.6 is 23.8 Å². The van der Waals surface area contributed by atoms with E-state index in [0.717, 1.165) is 28.1 Å². The molecular formula is C21H20ClFN4S. The maximum Gasteiger partial charge on any atom is 0.191 e. The van der Waals surface area contributed by atoms with Gasteiger partial charge in [-0.1, -0.05) is 29.8 Å². The molecule has 1 aromatic heterocycles. The van der Waals surface area contributed by atoms with Crippen molar-refractivity contribution in [2.24, 2.45) is 5.10 Å². The van der Waals surface area contributed by atoms with E-state index in [0.29, 0.717) is 16.7 Å². The van der Waals surface area contributed by atoms with Gasteiger partial charge in [0.15, 0.2) is 5.11 Å². The molecule has 0 unspecified atom stereocenters. The van der Waals surface area contributed by atoms with Gasteiger partial charge < -0.3 is 9.88 Å². The van der Waals surface area contributed by atoms with Crippen molar-refractivity contribution >= 4 is 40.8 Å². The van der Waals surface area contributed by atoms with Crippen molar-refractivity contribution in [3.8, 4) is 0 Å². The highest BCUT2D eigenvalue weighted by molar-refractivity contribution is 7.80. The fraction of sp³-hybridized carbons (Fsp3) is 0.143. The molecule has 7 heteroatoms. The summed E-state index contributed by atoms with van der Waals surface area (Å²) in [6.45, 7) is 4.56. The molecule has 4 nitrogen and oxygen atoms in total. The van der Waals surface area contributed by atoms with Crippen molar-refractivity contribution in [2.45, 2.75) is 20.4 Å². The quantitative estimate of drug-likeness (QED) is 0.339. The Morgan fingerprint density at radius 2 is 2.04 bits per heavy atom. The van der Waals surface area contributed by atoms with Gasteiger partial charge in [-0.05, 0) is 73.1 Å². The zero-order chi connectivity index (χ0) is 20.1. The van der Waals surface area contributed by atoms with Gasteiger partial charge >= 0.3 is 0 Å². The lowest BCUT2D eigenvalue weighted by Gasteiger charge is -2.11. The standard InChI is InChI=1S/C21H20ClFN4S/c1-14-5-6-15(2)20(10-14)25-21(28)26-24-12-18-4-3-9-27(18)13-16-7-8-17(23)11-19(16)22/h3-12H,13H2,1-2H3,(H2,25,26,28)/b24-12-. The van der Waals surface area contributed by atoms with Crippen molar-refractivity contribution in [1.82, 2.24) is 9.99 Å². The van der Waals surface area contributed by atoms with Gasteiger partial charge in [0.2, 0.25) is 0 Å². The minimum Gasteiger partial charge on any atom is -0.342 e. The summed E-state index contributed by atoms with van der Waals surface area (Å²) in [6.07, 6.45) is 3.59. The second kappa shape index (κ2) is 8.99. The van der Waals surface area contributed by atoms with Crippen LogP contribution in [-0.2, 0) is 6.54 Å². The first-order valence-corrected chi connectivity index (χ1v) is 9.47. The van der Waals surface area contributed by atoms with Crippen molar-refractivity contribution in [3.05, 3.63) is 88.0 Å². The molecular weight excluding hydrogens is 395 g/mol. The van der Waals surface area contributed by atoms with Crippen LogP contribution in [0.5, 0.6) is 0 Å². The SMILES string of the molecule is Cc1ccc(C)c(NC(=S)N/N=C\c2cccn2Cc2ccc(F)cc2Cl)c1. The van der Waals surface area contributed by atoms with Gasteiger partial charge in [0.25, 0.3) is 0 Å². The summed E-state index contributed by atoms with van der Waals surface area (Å²) in [5.41, 5.74) is 7.71. The molecule has 3 aromatic rings. The smallest absolute Gasteiger partial charge is 0.191 e. The molecule has 0 spiro atoms. The van der Waals surface area contributed by atoms with E-state index in [-0.39, 0.29) is 5.82 Å². The highest BCUT2D eigenvalue weighted by Gasteiger charge is 2.05. The predicted molar refractivity (Wildman–Crippen MR) is 118 cm³/mol. The van der Waals surface area contributed by atoms with E-state index < -0.39 is 0 Å². The molecule has 3 rings (SSSR count). The van der Waals surface area contributed by atoms with Crippen molar-refractivity contribution in [2.75, 3.05) is 5.32 Å². The Kier molecular flexibility index (Phi) is 6.44. The summed E-state index contributed by atoms with van der Waals surface area (Å²) in [5, 5.41) is 8.16. The second-order valence-electron chi connectivity index (χ2n) is 6.44. The largest absolute Gasteiger partial charge is 0.342 e. The summed E-state index contributed by atoms with van der Waals surface area (Å²) < 4.78 is 15.2. The summed E-state index contributed by atoms with van der Waals surface area (Å²) in [7, 11) is 0. The number of thiocarbonyl (C=S) groups is 1. The molecule has 144 valence electrons. The number of nitrogens with zero attached hydrogens (tertiary/aromatic N) is 2. The van der Waals surface area contributed by atoms with Crippen LogP contribution in [0.2, 0.25) is 5.02 Å². The summed E-state index contributed by atoms with van der Waals surface area (Å²) in [5.74, 6) is -0.350. The Morgan fingerprint density at radius 3 is 2.82 bits per heavy atom. The molecule has 1 heterocycles. The van der Waals surface area contributed by atoms with Crippen molar-refractivity contribution in [3.63, 3.8) is 0 Å². The number of hydrazone groups is 1. The third kappa shape index (κ3) is 5.18. The minimum absolute atomic E-state index is 0.350. The highest BCUT2D eigenvalue weighted by Crippen LogP contribution is 2.19. The zero-order valence-electron chi connectivity index (χ0n) is 15.5. The summed E-state index contributed by atoms with van der Waals surface area (Å²) in [4.78, 5) is 0. The van der Waals surface area contributed by atoms with Crippen LogP contribution in [0, 0.1) is 19.7 Å². The molecule has 0 saturated carbocycles. The van der Waals surface area contributed by atoms with Gasteiger partial charge in [-0.15, -0.1) is 0 Å². The lowest BCUT2D eigenvalue weighted by molar-refractivity contribution is 0.626. The average Bonchev–Trinajstić information content (AvgIpc) is 3.08. The first-order chi connectivity index (χ1) is 13.4. The minimum atomic E-state index is -0.350. The molecule has 0 aliphatic heterocycles. The van der Waals surface area contributed by atoms with Gasteiger partial charge in [-0.3, -0.25) is 5.43 Å². The van der Waals surface area contributed by atoms with Crippen LogP contribution < -0.4 is 10.7 Å². The van der Waals surface area contributed by atoms with Crippen molar-refractivity contribution in [1.29, 1.82) is 0 Å². The topological polar surface area (TPSA) is 41.4 Å². The van der Waals surface area contributed by atoms with Gasteiger partial charge in [-0.2, -0.15) is 5.10 Å². The third-order valence-corrected chi connectivity index (χ3v) is 4.77. The summed E-state index contributed by atoms with van der Waals surface area (Å²) in [6, 6.07) is 14.3. The highest BCUT2D eigenvalue weighted by atomic mass is 35.5. The number of aryl methyl sites for hydroxylation is 2. The van der Waals surface area contributed by atoms with Crippen LogP contribution in [-0.4, -0.2) is 15.9 Å². The number of hydrogen-bond acceptors (Lipinski definition) is 2. The van der Waals surface area contributed by atoms with E-state index in [1.54, 1.807) is 12.3 Å². The van der Waals surface area contributed by atoms with Crippen LogP contribution in [0.25, 0.3) is 0 Å². The zero-order valence-corrected chi connectivity index (χ0v) is 17.1. The maximum atomic E-state index is 13.2. The Hall–Kier alpha value is -2.70. The number of nitrogens with one attached hydrogen (secondary N) is 2. The molecule has 0 bridgehead atoms. The number of benzene rings is 2. The number of halogens is 2. The lowest BCUT2D eigenvalue weighted by Crippen LogP contribution is -2.24. The van der Waals surface area contributed by atoms with Crippen molar-refractivity contribution < 1.29 is 4.39 Å². The van der Waals surface area contributed by atoms with Gasteiger partial charge in [0, 0.05) is 23.5 Å². The number of anilines is 1. The maximum absolute atomic E-state index is 13.2. The lowest BCUT2D eigenvalue weighted by atomic mass is 10.1. The first-order valence-electron chi connectivity index (χ1n) is 8.69. The monoisotopic (exact) mass is 414 g/mol. The van der Waals surface area contributed by atoms with Gasteiger partial charge in [0.1, 0.15) is 5.82 Å². The van der Waals surface area contributed by atoms with Crippen LogP contribution in [0.1, 0.15) is 22.4 Å². The van der Waals surface area contributed by atoms with Gasteiger partial charge in [0.05, 0.1) is 11.9 Å². The molecule has 0 radical (unpaired) electrons. The average molecular weight is 415 g/mol. The van der Waals surface area contributed by atoms with E-state index in [2.05, 4.69) is 21.9 Å². The third-order valence-electron chi connectivity index (χ3n) is 4.22. The summed E-state index contributed by atoms with van der Waals surface area (Å²) >= 11 is 11.4. The number of aromatic nitrogens is 1. The molecule has 2 aromatic carbocycles. The Balaban J connectivity index is 1.63. The van der Waals surface area contributed by atoms with E-state index in [9.17, 15) is 4.39 Å². The number of hydrogen-bond donors (Lipinski definition) is 2. The Morgan fingerprint density at radius 1 is 1.21 bits per heavy atom. The van der Waals surface area contributed by atoms with E-state index in [4.69, 9.17) is 23.8 Å². The first kappa shape index (κ1) is 20.0. The van der Waals surface area contributed by atoms with Crippen LogP contribution in [0.4, 0.5) is 10.1 Å². The Labute approximate surface area is 174 Å². The Bertz CT molecular complexity index is 1030. The fourth-order valence-corrected chi connectivity index (χ4v) is 3.09. The van der Waals surface area contributed by atoms with Crippen LogP contribution in [0.3, 0.4) is 0 Å². The van der Waals surface area contributed by atoms with Gasteiger partial charge in [-0.25, -0.2) is 4.39 Å². The van der Waals surface area contributed by atoms with Crippen LogP contribution in [0.15, 0.2) is 59.8 Å². The predicted octanol–water partition coefficient (Wildman–Crippen LogP) is 5.27. The molecule has 2 N–H and O–H groups in total.